The van der Waals surface area contributed by atoms with Gasteiger partial charge in [-0.2, -0.15) is 0 Å². The van der Waals surface area contributed by atoms with E-state index in [1.165, 1.54) is 24.0 Å². The summed E-state index contributed by atoms with van der Waals surface area (Å²) < 4.78 is 1.92. The van der Waals surface area contributed by atoms with Crippen LogP contribution in [0.3, 0.4) is 0 Å². The highest BCUT2D eigenvalue weighted by Crippen LogP contribution is 2.31. The summed E-state index contributed by atoms with van der Waals surface area (Å²) in [6, 6.07) is 18.4. The van der Waals surface area contributed by atoms with Crippen LogP contribution in [-0.2, 0) is 6.54 Å². The van der Waals surface area contributed by atoms with Crippen molar-refractivity contribution in [2.24, 2.45) is 5.92 Å². The van der Waals surface area contributed by atoms with Crippen LogP contribution in [0.4, 0.5) is 0 Å². The van der Waals surface area contributed by atoms with E-state index in [0.29, 0.717) is 6.54 Å². The van der Waals surface area contributed by atoms with E-state index in [2.05, 4.69) is 51.6 Å². The summed E-state index contributed by atoms with van der Waals surface area (Å²) >= 11 is 6.13. The molecule has 5 nitrogen and oxygen atoms in total. The maximum Gasteiger partial charge on any atom is 0.173 e. The first-order valence-corrected chi connectivity index (χ1v) is 9.88. The minimum absolute atomic E-state index is 0.0356. The summed E-state index contributed by atoms with van der Waals surface area (Å²) in [6.45, 7) is 5.09. The van der Waals surface area contributed by atoms with Crippen LogP contribution in [0.2, 0.25) is 5.02 Å². The maximum absolute atomic E-state index is 6.13. The SMILES string of the molecule is CC1CCN([C@H](c2ccc(Cl)cc2)c2nnnn2Cc2ccccc2)CC1. The Morgan fingerprint density at radius 1 is 1.04 bits per heavy atom. The highest BCUT2D eigenvalue weighted by Gasteiger charge is 2.30. The first kappa shape index (κ1) is 18.1. The fraction of sp³-hybridized carbons (Fsp3) is 0.381. The van der Waals surface area contributed by atoms with Crippen molar-refractivity contribution in [1.82, 2.24) is 25.1 Å². The molecule has 27 heavy (non-hydrogen) atoms. The Morgan fingerprint density at radius 3 is 2.44 bits per heavy atom. The van der Waals surface area contributed by atoms with Gasteiger partial charge in [-0.25, -0.2) is 4.68 Å². The average molecular weight is 382 g/mol. The largest absolute Gasteiger partial charge is 0.290 e. The van der Waals surface area contributed by atoms with Gasteiger partial charge in [0.05, 0.1) is 12.6 Å². The van der Waals surface area contributed by atoms with Crippen molar-refractivity contribution in [3.05, 3.63) is 76.6 Å². The summed E-state index contributed by atoms with van der Waals surface area (Å²) in [4.78, 5) is 2.50. The van der Waals surface area contributed by atoms with Crippen molar-refractivity contribution in [1.29, 1.82) is 0 Å². The van der Waals surface area contributed by atoms with Crippen molar-refractivity contribution >= 4 is 11.6 Å². The third-order valence-electron chi connectivity index (χ3n) is 5.35. The van der Waals surface area contributed by atoms with E-state index in [1.807, 2.05) is 35.0 Å². The van der Waals surface area contributed by atoms with Crippen LogP contribution >= 0.6 is 11.6 Å². The summed E-state index contributed by atoms with van der Waals surface area (Å²) in [7, 11) is 0. The van der Waals surface area contributed by atoms with Gasteiger partial charge in [-0.3, -0.25) is 4.90 Å². The molecule has 0 amide bonds. The van der Waals surface area contributed by atoms with Gasteiger partial charge in [0.2, 0.25) is 0 Å². The number of nitrogens with zero attached hydrogens (tertiary/aromatic N) is 5. The Kier molecular flexibility index (Phi) is 5.50. The quantitative estimate of drug-likeness (QED) is 0.664. The van der Waals surface area contributed by atoms with E-state index in [9.17, 15) is 0 Å². The third-order valence-corrected chi connectivity index (χ3v) is 5.60. The van der Waals surface area contributed by atoms with E-state index in [1.54, 1.807) is 0 Å². The molecule has 0 spiro atoms. The van der Waals surface area contributed by atoms with Crippen molar-refractivity contribution in [3.63, 3.8) is 0 Å². The molecule has 0 bridgehead atoms. The molecule has 1 aliphatic heterocycles. The summed E-state index contributed by atoms with van der Waals surface area (Å²) in [5.74, 6) is 1.66. The lowest BCUT2D eigenvalue weighted by Crippen LogP contribution is -2.38. The normalized spacial score (nSPS) is 17.1. The number of benzene rings is 2. The molecule has 1 aliphatic rings. The first-order chi connectivity index (χ1) is 13.2. The fourth-order valence-corrected chi connectivity index (χ4v) is 3.86. The minimum atomic E-state index is 0.0356. The highest BCUT2D eigenvalue weighted by atomic mass is 35.5. The summed E-state index contributed by atoms with van der Waals surface area (Å²) in [6.07, 6.45) is 2.40. The zero-order valence-corrected chi connectivity index (χ0v) is 16.3. The Labute approximate surface area is 165 Å². The predicted molar refractivity (Wildman–Crippen MR) is 107 cm³/mol. The molecular weight excluding hydrogens is 358 g/mol. The molecule has 0 N–H and O–H groups in total. The third kappa shape index (κ3) is 4.20. The number of hydrogen-bond donors (Lipinski definition) is 0. The van der Waals surface area contributed by atoms with E-state index in [0.717, 1.165) is 29.9 Å². The van der Waals surface area contributed by atoms with Crippen LogP contribution in [0, 0.1) is 5.92 Å². The second kappa shape index (κ2) is 8.19. The summed E-state index contributed by atoms with van der Waals surface area (Å²) in [5, 5.41) is 13.5. The van der Waals surface area contributed by atoms with Gasteiger partial charge in [0, 0.05) is 5.02 Å². The molecule has 1 saturated heterocycles. The zero-order chi connectivity index (χ0) is 18.6. The number of hydrogen-bond acceptors (Lipinski definition) is 4. The Hall–Kier alpha value is -2.24. The second-order valence-electron chi connectivity index (χ2n) is 7.35. The van der Waals surface area contributed by atoms with Gasteiger partial charge >= 0.3 is 0 Å². The Morgan fingerprint density at radius 2 is 1.74 bits per heavy atom. The van der Waals surface area contributed by atoms with Gasteiger partial charge in [-0.15, -0.1) is 5.10 Å². The molecule has 140 valence electrons. The molecule has 0 saturated carbocycles. The van der Waals surface area contributed by atoms with Crippen molar-refractivity contribution in [3.8, 4) is 0 Å². The number of piperidine rings is 1. The monoisotopic (exact) mass is 381 g/mol. The van der Waals surface area contributed by atoms with E-state index < -0.39 is 0 Å². The number of halogens is 1. The van der Waals surface area contributed by atoms with E-state index in [-0.39, 0.29) is 6.04 Å². The number of aromatic nitrogens is 4. The van der Waals surface area contributed by atoms with E-state index in [4.69, 9.17) is 11.6 Å². The summed E-state index contributed by atoms with van der Waals surface area (Å²) in [5.41, 5.74) is 2.37. The van der Waals surface area contributed by atoms with Gasteiger partial charge in [-0.1, -0.05) is 61.0 Å². The molecule has 0 unspecified atom stereocenters. The van der Waals surface area contributed by atoms with Crippen LogP contribution < -0.4 is 0 Å². The van der Waals surface area contributed by atoms with Crippen molar-refractivity contribution in [2.75, 3.05) is 13.1 Å². The Balaban J connectivity index is 1.69. The van der Waals surface area contributed by atoms with Gasteiger partial charge in [0.25, 0.3) is 0 Å². The predicted octanol–water partition coefficient (Wildman–Crippen LogP) is 4.20. The van der Waals surface area contributed by atoms with Crippen molar-refractivity contribution in [2.45, 2.75) is 32.4 Å². The fourth-order valence-electron chi connectivity index (χ4n) is 3.73. The first-order valence-electron chi connectivity index (χ1n) is 9.50. The zero-order valence-electron chi connectivity index (χ0n) is 15.5. The molecule has 2 aromatic carbocycles. The van der Waals surface area contributed by atoms with Crippen LogP contribution in [0.15, 0.2) is 54.6 Å². The minimum Gasteiger partial charge on any atom is -0.290 e. The molecule has 1 aromatic heterocycles. The highest BCUT2D eigenvalue weighted by molar-refractivity contribution is 6.30. The van der Waals surface area contributed by atoms with Gasteiger partial charge < -0.3 is 0 Å². The van der Waals surface area contributed by atoms with Gasteiger partial charge in [0.15, 0.2) is 5.82 Å². The number of rotatable bonds is 5. The van der Waals surface area contributed by atoms with Crippen LogP contribution in [0.5, 0.6) is 0 Å². The average Bonchev–Trinajstić information content (AvgIpc) is 3.13. The molecule has 6 heteroatoms. The van der Waals surface area contributed by atoms with Gasteiger partial charge in [0.1, 0.15) is 0 Å². The maximum atomic E-state index is 6.13. The standard InChI is InChI=1S/C21H24ClN5/c1-16-11-13-26(14-12-16)20(18-7-9-19(22)10-8-18)21-23-24-25-27(21)15-17-5-3-2-4-6-17/h2-10,16,20H,11-15H2,1H3/t20-/m1/s1. The van der Waals surface area contributed by atoms with Crippen molar-refractivity contribution < 1.29 is 0 Å². The molecule has 3 aromatic rings. The lowest BCUT2D eigenvalue weighted by Gasteiger charge is -2.36. The molecule has 2 heterocycles. The molecule has 0 radical (unpaired) electrons. The molecule has 0 aliphatic carbocycles. The van der Waals surface area contributed by atoms with Gasteiger partial charge in [-0.05, 0) is 65.5 Å². The van der Waals surface area contributed by atoms with E-state index >= 15 is 0 Å². The topological polar surface area (TPSA) is 46.8 Å². The van der Waals surface area contributed by atoms with Crippen LogP contribution in [0.1, 0.15) is 42.8 Å². The Bertz CT molecular complexity index is 854. The molecular formula is C21H24ClN5. The second-order valence-corrected chi connectivity index (χ2v) is 7.79. The van der Waals surface area contributed by atoms with Crippen LogP contribution in [0.25, 0.3) is 0 Å². The number of likely N-dealkylation sites (tertiary alicyclic amines) is 1. The lowest BCUT2D eigenvalue weighted by molar-refractivity contribution is 0.150. The lowest BCUT2D eigenvalue weighted by atomic mass is 9.95. The van der Waals surface area contributed by atoms with Crippen LogP contribution in [-0.4, -0.2) is 38.2 Å². The molecule has 4 rings (SSSR count). The molecule has 1 atom stereocenters. The smallest absolute Gasteiger partial charge is 0.173 e. The number of tetrazole rings is 1. The molecule has 1 fully saturated rings.